The van der Waals surface area contributed by atoms with Gasteiger partial charge in [-0.25, -0.2) is 13.4 Å². The average Bonchev–Trinajstić information content (AvgIpc) is 3.33. The van der Waals surface area contributed by atoms with Crippen molar-refractivity contribution in [3.05, 3.63) is 58.4 Å². The predicted octanol–water partition coefficient (Wildman–Crippen LogP) is 4.26. The van der Waals surface area contributed by atoms with E-state index in [-0.39, 0.29) is 11.7 Å². The first-order chi connectivity index (χ1) is 14.4. The summed E-state index contributed by atoms with van der Waals surface area (Å²) in [6.45, 7) is 0.463. The molecule has 7 nitrogen and oxygen atoms in total. The van der Waals surface area contributed by atoms with Crippen molar-refractivity contribution >= 4 is 49.7 Å². The van der Waals surface area contributed by atoms with Crippen molar-refractivity contribution < 1.29 is 17.9 Å². The van der Waals surface area contributed by atoms with E-state index in [1.807, 2.05) is 11.4 Å². The fraction of sp³-hybridized carbons (Fsp3) is 0.200. The van der Waals surface area contributed by atoms with Crippen molar-refractivity contribution in [3.63, 3.8) is 0 Å². The summed E-state index contributed by atoms with van der Waals surface area (Å²) in [6, 6.07) is 11.9. The Morgan fingerprint density at radius 1 is 1.23 bits per heavy atom. The van der Waals surface area contributed by atoms with Crippen LogP contribution in [0.2, 0.25) is 5.02 Å². The SMILES string of the molecule is COc1ccc(-c2csc(NC(=O)c3ccc(N4CCCS4(=O)=O)cc3)n2)cc1Cl. The van der Waals surface area contributed by atoms with Gasteiger partial charge in [-0.15, -0.1) is 11.3 Å². The van der Waals surface area contributed by atoms with Crippen LogP contribution in [0.5, 0.6) is 5.75 Å². The molecule has 1 N–H and O–H groups in total. The Labute approximate surface area is 183 Å². The molecule has 0 unspecified atom stereocenters. The number of anilines is 2. The minimum Gasteiger partial charge on any atom is -0.495 e. The molecule has 1 fully saturated rings. The summed E-state index contributed by atoms with van der Waals surface area (Å²) < 4.78 is 30.6. The molecule has 3 aromatic rings. The molecule has 1 aliphatic rings. The van der Waals surface area contributed by atoms with E-state index in [9.17, 15) is 13.2 Å². The maximum Gasteiger partial charge on any atom is 0.257 e. The van der Waals surface area contributed by atoms with Crippen LogP contribution in [0.4, 0.5) is 10.8 Å². The van der Waals surface area contributed by atoms with Gasteiger partial charge in [-0.1, -0.05) is 11.6 Å². The fourth-order valence-corrected chi connectivity index (χ4v) is 5.70. The second kappa shape index (κ2) is 8.25. The molecule has 1 saturated heterocycles. The molecule has 0 atom stereocenters. The number of benzene rings is 2. The van der Waals surface area contributed by atoms with E-state index < -0.39 is 10.0 Å². The van der Waals surface area contributed by atoms with Crippen molar-refractivity contribution in [2.45, 2.75) is 6.42 Å². The smallest absolute Gasteiger partial charge is 0.257 e. The molecule has 1 amide bonds. The highest BCUT2D eigenvalue weighted by atomic mass is 35.5. The maximum absolute atomic E-state index is 12.5. The van der Waals surface area contributed by atoms with E-state index in [1.165, 1.54) is 15.6 Å². The van der Waals surface area contributed by atoms with E-state index in [4.69, 9.17) is 16.3 Å². The van der Waals surface area contributed by atoms with E-state index in [0.717, 1.165) is 5.56 Å². The third kappa shape index (κ3) is 4.14. The van der Waals surface area contributed by atoms with Crippen LogP contribution in [-0.2, 0) is 10.0 Å². The zero-order chi connectivity index (χ0) is 21.3. The normalized spacial score (nSPS) is 15.2. The number of aromatic nitrogens is 1. The molecular formula is C20H18ClN3O4S2. The van der Waals surface area contributed by atoms with Gasteiger partial charge in [-0.05, 0) is 48.9 Å². The van der Waals surface area contributed by atoms with Crippen molar-refractivity contribution in [1.82, 2.24) is 4.98 Å². The second-order valence-electron chi connectivity index (χ2n) is 6.63. The molecule has 0 bridgehead atoms. The number of hydrogen-bond donors (Lipinski definition) is 1. The summed E-state index contributed by atoms with van der Waals surface area (Å²) in [6.07, 6.45) is 0.607. The van der Waals surface area contributed by atoms with Crippen molar-refractivity contribution in [1.29, 1.82) is 0 Å². The second-order valence-corrected chi connectivity index (χ2v) is 9.91. The standard InChI is InChI=1S/C20H18ClN3O4S2/c1-28-18-8-5-14(11-16(18)21)17-12-29-20(22-17)23-19(25)13-3-6-15(7-4-13)24-9-2-10-30(24,26)27/h3-8,11-12H,2,9-10H2,1H3,(H,22,23,25). The van der Waals surface area contributed by atoms with Crippen LogP contribution < -0.4 is 14.4 Å². The third-order valence-electron chi connectivity index (χ3n) is 4.69. The molecule has 0 radical (unpaired) electrons. The molecule has 30 heavy (non-hydrogen) atoms. The first-order valence-electron chi connectivity index (χ1n) is 9.09. The topological polar surface area (TPSA) is 88.6 Å². The first-order valence-corrected chi connectivity index (χ1v) is 12.0. The maximum atomic E-state index is 12.5. The van der Waals surface area contributed by atoms with Crippen LogP contribution in [0.15, 0.2) is 47.8 Å². The Bertz CT molecular complexity index is 1190. The van der Waals surface area contributed by atoms with Crippen molar-refractivity contribution in [3.8, 4) is 17.0 Å². The Morgan fingerprint density at radius 3 is 2.63 bits per heavy atom. The number of ether oxygens (including phenoxy) is 1. The van der Waals surface area contributed by atoms with Gasteiger partial charge in [0.15, 0.2) is 5.13 Å². The highest BCUT2D eigenvalue weighted by molar-refractivity contribution is 7.93. The average molecular weight is 464 g/mol. The lowest BCUT2D eigenvalue weighted by Gasteiger charge is -2.16. The molecule has 156 valence electrons. The Kier molecular flexibility index (Phi) is 5.68. The highest BCUT2D eigenvalue weighted by Gasteiger charge is 2.28. The Hall–Kier alpha value is -2.62. The van der Waals surface area contributed by atoms with Crippen molar-refractivity contribution in [2.24, 2.45) is 0 Å². The largest absolute Gasteiger partial charge is 0.495 e. The number of carbonyl (C=O) groups excluding carboxylic acids is 1. The van der Waals surface area contributed by atoms with E-state index in [0.29, 0.717) is 45.8 Å². The summed E-state index contributed by atoms with van der Waals surface area (Å²) in [5.74, 6) is 0.412. The molecule has 2 aromatic carbocycles. The minimum absolute atomic E-state index is 0.154. The lowest BCUT2D eigenvalue weighted by Crippen LogP contribution is -2.25. The zero-order valence-electron chi connectivity index (χ0n) is 16.0. The summed E-state index contributed by atoms with van der Waals surface area (Å²) in [5.41, 5.74) is 2.49. The Balaban J connectivity index is 1.46. The molecule has 4 rings (SSSR count). The van der Waals surface area contributed by atoms with Crippen LogP contribution in [0.25, 0.3) is 11.3 Å². The lowest BCUT2D eigenvalue weighted by molar-refractivity contribution is 0.102. The van der Waals surface area contributed by atoms with Crippen LogP contribution in [0.1, 0.15) is 16.8 Å². The third-order valence-corrected chi connectivity index (χ3v) is 7.61. The van der Waals surface area contributed by atoms with Crippen LogP contribution in [0.3, 0.4) is 0 Å². The van der Waals surface area contributed by atoms with Gasteiger partial charge in [0.2, 0.25) is 10.0 Å². The predicted molar refractivity (Wildman–Crippen MR) is 119 cm³/mol. The van der Waals surface area contributed by atoms with Gasteiger partial charge in [0.1, 0.15) is 5.75 Å². The minimum atomic E-state index is -3.25. The molecule has 1 aromatic heterocycles. The molecule has 10 heteroatoms. The number of halogens is 1. The van der Waals surface area contributed by atoms with Gasteiger partial charge in [-0.3, -0.25) is 14.4 Å². The number of nitrogens with zero attached hydrogens (tertiary/aromatic N) is 2. The van der Waals surface area contributed by atoms with Crippen molar-refractivity contribution in [2.75, 3.05) is 29.0 Å². The van der Waals surface area contributed by atoms with Gasteiger partial charge in [0, 0.05) is 23.1 Å². The number of rotatable bonds is 5. The van der Waals surface area contributed by atoms with Crippen LogP contribution in [0, 0.1) is 0 Å². The summed E-state index contributed by atoms with van der Waals surface area (Å²) in [7, 11) is -1.70. The van der Waals surface area contributed by atoms with E-state index in [1.54, 1.807) is 43.5 Å². The molecule has 0 aliphatic carbocycles. The number of nitrogens with one attached hydrogen (secondary N) is 1. The van der Waals surface area contributed by atoms with Gasteiger partial charge >= 0.3 is 0 Å². The fourth-order valence-electron chi connectivity index (χ4n) is 3.17. The van der Waals surface area contributed by atoms with Gasteiger partial charge < -0.3 is 4.74 Å². The van der Waals surface area contributed by atoms with Gasteiger partial charge in [0.05, 0.1) is 29.3 Å². The summed E-state index contributed by atoms with van der Waals surface area (Å²) >= 11 is 7.47. The molecule has 1 aliphatic heterocycles. The first kappa shape index (κ1) is 20.6. The summed E-state index contributed by atoms with van der Waals surface area (Å²) in [4.78, 5) is 17.0. The molecular weight excluding hydrogens is 446 g/mol. The number of amides is 1. The zero-order valence-corrected chi connectivity index (χ0v) is 18.4. The number of methoxy groups -OCH3 is 1. The highest BCUT2D eigenvalue weighted by Crippen LogP contribution is 2.32. The number of hydrogen-bond acceptors (Lipinski definition) is 6. The van der Waals surface area contributed by atoms with E-state index in [2.05, 4.69) is 10.3 Å². The van der Waals surface area contributed by atoms with Crippen LogP contribution >= 0.6 is 22.9 Å². The quantitative estimate of drug-likeness (QED) is 0.610. The number of carbonyl (C=O) groups is 1. The lowest BCUT2D eigenvalue weighted by atomic mass is 10.2. The Morgan fingerprint density at radius 2 is 2.00 bits per heavy atom. The van der Waals surface area contributed by atoms with Gasteiger partial charge in [-0.2, -0.15) is 0 Å². The van der Waals surface area contributed by atoms with Crippen LogP contribution in [-0.4, -0.2) is 38.7 Å². The summed E-state index contributed by atoms with van der Waals surface area (Å²) in [5, 5.41) is 5.53. The number of thiazole rings is 1. The molecule has 2 heterocycles. The molecule has 0 saturated carbocycles. The van der Waals surface area contributed by atoms with E-state index >= 15 is 0 Å². The monoisotopic (exact) mass is 463 g/mol. The van der Waals surface area contributed by atoms with Gasteiger partial charge in [0.25, 0.3) is 5.91 Å². The molecule has 0 spiro atoms. The number of sulfonamides is 1.